The molecule has 0 atom stereocenters. The van der Waals surface area contributed by atoms with Gasteiger partial charge in [-0.2, -0.15) is 0 Å². The van der Waals surface area contributed by atoms with Crippen LogP contribution in [0.3, 0.4) is 0 Å². The van der Waals surface area contributed by atoms with Gasteiger partial charge in [0.05, 0.1) is 45.8 Å². The summed E-state index contributed by atoms with van der Waals surface area (Å²) in [6.07, 6.45) is 5.34. The zero-order valence-electron chi connectivity index (χ0n) is 18.2. The minimum atomic E-state index is -0.225. The zero-order valence-corrected chi connectivity index (χ0v) is 19.8. The Kier molecular flexibility index (Phi) is 7.24. The van der Waals surface area contributed by atoms with Gasteiger partial charge >= 0.3 is 0 Å². The van der Waals surface area contributed by atoms with Crippen molar-refractivity contribution in [1.82, 2.24) is 19.4 Å². The molecule has 0 spiro atoms. The Hall–Kier alpha value is -3.69. The molecule has 0 fully saturated rings. The maximum absolute atomic E-state index is 12.3. The molecule has 1 N–H and O–H groups in total. The van der Waals surface area contributed by atoms with E-state index in [0.717, 1.165) is 0 Å². The summed E-state index contributed by atoms with van der Waals surface area (Å²) in [5.74, 6) is 0.290. The minimum absolute atomic E-state index is 0.0182. The van der Waals surface area contributed by atoms with Crippen LogP contribution >= 0.6 is 22.9 Å². The third kappa shape index (κ3) is 5.62. The quantitative estimate of drug-likeness (QED) is 0.377. The molecule has 0 saturated heterocycles. The fraction of sp³-hybridized carbons (Fsp3) is 0.167. The number of nitrogens with zero attached hydrogens (tertiary/aromatic N) is 3. The monoisotopic (exact) mass is 496 g/mol. The third-order valence-electron chi connectivity index (χ3n) is 4.90. The zero-order chi connectivity index (χ0) is 24.1. The molecule has 0 saturated carbocycles. The van der Waals surface area contributed by atoms with Gasteiger partial charge in [0.1, 0.15) is 11.5 Å². The van der Waals surface area contributed by atoms with Crippen molar-refractivity contribution in [1.29, 1.82) is 0 Å². The number of hydrogen-bond acceptors (Lipinski definition) is 6. The van der Waals surface area contributed by atoms with Crippen LogP contribution in [-0.2, 0) is 11.3 Å². The summed E-state index contributed by atoms with van der Waals surface area (Å²) in [6, 6.07) is 13.6. The fourth-order valence-corrected chi connectivity index (χ4v) is 4.17. The van der Waals surface area contributed by atoms with Crippen molar-refractivity contribution in [2.24, 2.45) is 0 Å². The van der Waals surface area contributed by atoms with E-state index >= 15 is 0 Å². The van der Waals surface area contributed by atoms with Crippen LogP contribution in [0.5, 0.6) is 5.75 Å². The molecule has 3 aromatic heterocycles. The van der Waals surface area contributed by atoms with Gasteiger partial charge in [-0.15, -0.1) is 11.3 Å². The van der Waals surface area contributed by atoms with Crippen molar-refractivity contribution < 1.29 is 14.3 Å². The molecule has 1 aromatic carbocycles. The molecule has 4 aromatic rings. The van der Waals surface area contributed by atoms with E-state index in [2.05, 4.69) is 10.3 Å². The van der Waals surface area contributed by atoms with Gasteiger partial charge in [-0.05, 0) is 37.3 Å². The Bertz CT molecular complexity index is 1390. The number of imidazole rings is 1. The second-order valence-corrected chi connectivity index (χ2v) is 9.14. The number of hydrogen-bond donors (Lipinski definition) is 1. The number of halogens is 1. The number of aromatic nitrogens is 3. The van der Waals surface area contributed by atoms with Gasteiger partial charge in [-0.1, -0.05) is 17.7 Å². The first kappa shape index (κ1) is 23.5. The summed E-state index contributed by atoms with van der Waals surface area (Å²) in [6.45, 7) is 1.95. The summed E-state index contributed by atoms with van der Waals surface area (Å²) in [5.41, 5.74) is 1.80. The van der Waals surface area contributed by atoms with Crippen LogP contribution in [0.1, 0.15) is 28.7 Å². The summed E-state index contributed by atoms with van der Waals surface area (Å²) in [4.78, 5) is 40.8. The lowest BCUT2D eigenvalue weighted by Crippen LogP contribution is -2.21. The SMILES string of the molecule is CC(=O)CCOc1cc(-n2ccccc2=O)ccc1-n1cnc(CNC(=O)c2ccc(Cl)s2)c1. The number of rotatable bonds is 9. The van der Waals surface area contributed by atoms with Gasteiger partial charge in [-0.3, -0.25) is 19.0 Å². The Morgan fingerprint density at radius 1 is 1.18 bits per heavy atom. The lowest BCUT2D eigenvalue weighted by Gasteiger charge is -2.14. The normalized spacial score (nSPS) is 10.8. The lowest BCUT2D eigenvalue weighted by atomic mass is 10.2. The number of carbonyl (C=O) groups excluding carboxylic acids is 2. The third-order valence-corrected chi connectivity index (χ3v) is 6.13. The molecule has 34 heavy (non-hydrogen) atoms. The van der Waals surface area contributed by atoms with Crippen LogP contribution in [0, 0.1) is 0 Å². The molecule has 4 rings (SSSR count). The summed E-state index contributed by atoms with van der Waals surface area (Å²) >= 11 is 7.10. The van der Waals surface area contributed by atoms with Crippen LogP contribution in [-0.4, -0.2) is 32.4 Å². The fourth-order valence-electron chi connectivity index (χ4n) is 3.21. The average molecular weight is 497 g/mol. The van der Waals surface area contributed by atoms with Crippen molar-refractivity contribution >= 4 is 34.6 Å². The van der Waals surface area contributed by atoms with E-state index in [0.29, 0.717) is 32.0 Å². The summed E-state index contributed by atoms with van der Waals surface area (Å²) in [7, 11) is 0. The van der Waals surface area contributed by atoms with E-state index in [9.17, 15) is 14.4 Å². The number of carbonyl (C=O) groups is 2. The molecule has 8 nitrogen and oxygen atoms in total. The van der Waals surface area contributed by atoms with Gasteiger partial charge in [0.15, 0.2) is 0 Å². The van der Waals surface area contributed by atoms with Crippen molar-refractivity contribution in [2.75, 3.05) is 6.61 Å². The number of ketones is 1. The molecular formula is C24H21ClN4O4S. The van der Waals surface area contributed by atoms with E-state index in [1.807, 2.05) is 6.07 Å². The van der Waals surface area contributed by atoms with Gasteiger partial charge < -0.3 is 14.6 Å². The smallest absolute Gasteiger partial charge is 0.261 e. The molecule has 0 bridgehead atoms. The van der Waals surface area contributed by atoms with E-state index in [-0.39, 0.29) is 36.8 Å². The molecule has 0 aliphatic rings. The molecule has 1 amide bonds. The second-order valence-electron chi connectivity index (χ2n) is 7.42. The number of pyridine rings is 1. The average Bonchev–Trinajstić information content (AvgIpc) is 3.47. The van der Waals surface area contributed by atoms with Crippen LogP contribution in [0.4, 0.5) is 0 Å². The van der Waals surface area contributed by atoms with Crippen LogP contribution in [0.15, 0.2) is 72.0 Å². The summed E-state index contributed by atoms with van der Waals surface area (Å²) < 4.78 is 9.73. The Labute approximate surface area is 204 Å². The van der Waals surface area contributed by atoms with Gasteiger partial charge in [-0.25, -0.2) is 4.98 Å². The van der Waals surface area contributed by atoms with Crippen LogP contribution in [0.25, 0.3) is 11.4 Å². The van der Waals surface area contributed by atoms with Crippen molar-refractivity contribution in [2.45, 2.75) is 19.9 Å². The molecule has 0 aliphatic carbocycles. The molecular weight excluding hydrogens is 476 g/mol. The molecule has 174 valence electrons. The lowest BCUT2D eigenvalue weighted by molar-refractivity contribution is -0.117. The molecule has 0 radical (unpaired) electrons. The molecule has 0 aliphatic heterocycles. The highest BCUT2D eigenvalue weighted by molar-refractivity contribution is 7.17. The Morgan fingerprint density at radius 2 is 2.03 bits per heavy atom. The predicted molar refractivity (Wildman–Crippen MR) is 130 cm³/mol. The van der Waals surface area contributed by atoms with Crippen LogP contribution in [0.2, 0.25) is 4.34 Å². The first-order valence-electron chi connectivity index (χ1n) is 10.4. The van der Waals surface area contributed by atoms with Crippen molar-refractivity contribution in [3.8, 4) is 17.1 Å². The minimum Gasteiger partial charge on any atom is -0.491 e. The number of Topliss-reactive ketones (excluding diaryl/α,β-unsaturated/α-hetero) is 1. The van der Waals surface area contributed by atoms with E-state index < -0.39 is 0 Å². The van der Waals surface area contributed by atoms with Gasteiger partial charge in [0.2, 0.25) is 0 Å². The van der Waals surface area contributed by atoms with Gasteiger partial charge in [0, 0.05) is 30.9 Å². The number of amides is 1. The number of nitrogens with one attached hydrogen (secondary N) is 1. The highest BCUT2D eigenvalue weighted by atomic mass is 35.5. The van der Waals surface area contributed by atoms with Crippen LogP contribution < -0.4 is 15.6 Å². The van der Waals surface area contributed by atoms with Crippen molar-refractivity contribution in [3.05, 3.63) is 92.5 Å². The highest BCUT2D eigenvalue weighted by Crippen LogP contribution is 2.27. The predicted octanol–water partition coefficient (Wildman–Crippen LogP) is 4.03. The van der Waals surface area contributed by atoms with Crippen molar-refractivity contribution in [3.63, 3.8) is 0 Å². The maximum atomic E-state index is 12.3. The standard InChI is InChI=1S/C24H21ClN4O4S/c1-16(30)9-11-33-20-12-18(29-10-3-2-4-23(29)31)5-6-19(20)28-14-17(27-15-28)13-26-24(32)21-7-8-22(25)34-21/h2-8,10,12,14-15H,9,11,13H2,1H3,(H,26,32). The number of benzene rings is 1. The largest absolute Gasteiger partial charge is 0.491 e. The molecule has 0 unspecified atom stereocenters. The maximum Gasteiger partial charge on any atom is 0.261 e. The highest BCUT2D eigenvalue weighted by Gasteiger charge is 2.13. The Balaban J connectivity index is 1.56. The number of ether oxygens (including phenoxy) is 1. The van der Waals surface area contributed by atoms with E-state index in [4.69, 9.17) is 16.3 Å². The number of thiophene rings is 1. The summed E-state index contributed by atoms with van der Waals surface area (Å²) in [5, 5.41) is 2.82. The first-order chi connectivity index (χ1) is 16.4. The molecule has 3 heterocycles. The van der Waals surface area contributed by atoms with E-state index in [1.54, 1.807) is 59.7 Å². The topological polar surface area (TPSA) is 95.2 Å². The van der Waals surface area contributed by atoms with Gasteiger partial charge in [0.25, 0.3) is 11.5 Å². The van der Waals surface area contributed by atoms with E-state index in [1.165, 1.54) is 28.9 Å². The Morgan fingerprint density at radius 3 is 2.76 bits per heavy atom. The first-order valence-corrected chi connectivity index (χ1v) is 11.6. The molecule has 10 heteroatoms. The second kappa shape index (κ2) is 10.5.